The zero-order chi connectivity index (χ0) is 16.9. The average Bonchev–Trinajstić information content (AvgIpc) is 2.20. The fraction of sp³-hybridized carbons (Fsp3) is 0.786. The summed E-state index contributed by atoms with van der Waals surface area (Å²) in [7, 11) is -3.75. The maximum Gasteiger partial charge on any atom is 0.331 e. The standard InChI is InChI=1S/C14H31NO4Si2/c1-10-11-12(2)13(16)17-15-14(3,18-20(4,5)6)19-21(7,8)9/h10-12,15H,1-9H3. The van der Waals surface area contributed by atoms with Crippen LogP contribution in [0.25, 0.3) is 0 Å². The van der Waals surface area contributed by atoms with Crippen LogP contribution in [-0.4, -0.2) is 28.5 Å². The summed E-state index contributed by atoms with van der Waals surface area (Å²) in [5, 5.41) is 0. The molecule has 0 aliphatic rings. The van der Waals surface area contributed by atoms with Crippen LogP contribution in [0, 0.1) is 5.92 Å². The van der Waals surface area contributed by atoms with Crippen molar-refractivity contribution in [1.29, 1.82) is 0 Å². The summed E-state index contributed by atoms with van der Waals surface area (Å²) in [6.07, 6.45) is 3.60. The van der Waals surface area contributed by atoms with Gasteiger partial charge in [-0.1, -0.05) is 17.6 Å². The molecule has 1 atom stereocenters. The Morgan fingerprint density at radius 1 is 1.10 bits per heavy atom. The van der Waals surface area contributed by atoms with Crippen LogP contribution in [0.15, 0.2) is 12.2 Å². The molecule has 7 heteroatoms. The van der Waals surface area contributed by atoms with Gasteiger partial charge < -0.3 is 13.7 Å². The van der Waals surface area contributed by atoms with E-state index in [0.717, 1.165) is 0 Å². The number of carbonyl (C=O) groups is 1. The molecule has 0 aliphatic carbocycles. The fourth-order valence-corrected chi connectivity index (χ4v) is 4.42. The lowest BCUT2D eigenvalue weighted by atomic mass is 10.2. The molecule has 0 radical (unpaired) electrons. The molecule has 0 heterocycles. The van der Waals surface area contributed by atoms with Crippen LogP contribution in [0.4, 0.5) is 0 Å². The average molecular weight is 334 g/mol. The maximum atomic E-state index is 11.9. The minimum absolute atomic E-state index is 0.314. The molecule has 0 aromatic carbocycles. The van der Waals surface area contributed by atoms with Crippen LogP contribution < -0.4 is 5.48 Å². The van der Waals surface area contributed by atoms with Gasteiger partial charge in [-0.25, -0.2) is 4.79 Å². The van der Waals surface area contributed by atoms with Crippen LogP contribution in [0.3, 0.4) is 0 Å². The topological polar surface area (TPSA) is 56.8 Å². The quantitative estimate of drug-likeness (QED) is 0.318. The Hall–Kier alpha value is -0.476. The Morgan fingerprint density at radius 2 is 1.52 bits per heavy atom. The van der Waals surface area contributed by atoms with Gasteiger partial charge in [0, 0.05) is 6.92 Å². The lowest BCUT2D eigenvalue weighted by Gasteiger charge is -2.39. The van der Waals surface area contributed by atoms with Gasteiger partial charge in [0.05, 0.1) is 5.92 Å². The second kappa shape index (κ2) is 7.69. The van der Waals surface area contributed by atoms with Gasteiger partial charge in [0.2, 0.25) is 5.91 Å². The van der Waals surface area contributed by atoms with Gasteiger partial charge in [0.25, 0.3) is 0 Å². The van der Waals surface area contributed by atoms with Gasteiger partial charge in [0.15, 0.2) is 16.6 Å². The summed E-state index contributed by atoms with van der Waals surface area (Å²) < 4.78 is 12.1. The predicted molar refractivity (Wildman–Crippen MR) is 90.5 cm³/mol. The molecular formula is C14H31NO4Si2. The molecule has 0 saturated carbocycles. The number of nitrogens with one attached hydrogen (secondary N) is 1. The fourth-order valence-electron chi connectivity index (χ4n) is 1.83. The van der Waals surface area contributed by atoms with E-state index in [2.05, 4.69) is 44.8 Å². The minimum Gasteiger partial charge on any atom is -0.378 e. The Labute approximate surface area is 131 Å². The smallest absolute Gasteiger partial charge is 0.331 e. The van der Waals surface area contributed by atoms with Crippen LogP contribution in [0.5, 0.6) is 0 Å². The van der Waals surface area contributed by atoms with Crippen molar-refractivity contribution in [1.82, 2.24) is 5.48 Å². The van der Waals surface area contributed by atoms with Crippen molar-refractivity contribution in [2.45, 2.75) is 66.0 Å². The van der Waals surface area contributed by atoms with Gasteiger partial charge in [-0.3, -0.25) is 0 Å². The zero-order valence-corrected chi connectivity index (χ0v) is 16.9. The minimum atomic E-state index is -1.88. The molecule has 0 rings (SSSR count). The molecule has 0 bridgehead atoms. The summed E-state index contributed by atoms with van der Waals surface area (Å²) >= 11 is 0. The van der Waals surface area contributed by atoms with E-state index in [9.17, 15) is 4.79 Å². The van der Waals surface area contributed by atoms with E-state index in [-0.39, 0.29) is 11.9 Å². The van der Waals surface area contributed by atoms with Gasteiger partial charge in [-0.15, -0.1) is 0 Å². The highest BCUT2D eigenvalue weighted by atomic mass is 28.4. The second-order valence-electron chi connectivity index (χ2n) is 7.21. The van der Waals surface area contributed by atoms with Crippen LogP contribution in [0.1, 0.15) is 20.8 Å². The molecule has 0 saturated heterocycles. The molecule has 124 valence electrons. The molecule has 0 aromatic rings. The second-order valence-corrected chi connectivity index (χ2v) is 16.1. The third kappa shape index (κ3) is 9.97. The molecule has 0 aliphatic heterocycles. The van der Waals surface area contributed by atoms with E-state index < -0.39 is 22.5 Å². The third-order valence-electron chi connectivity index (χ3n) is 2.19. The number of hydrogen-bond acceptors (Lipinski definition) is 5. The van der Waals surface area contributed by atoms with E-state index >= 15 is 0 Å². The Balaban J connectivity index is 4.88. The highest BCUT2D eigenvalue weighted by molar-refractivity contribution is 6.70. The van der Waals surface area contributed by atoms with Crippen LogP contribution >= 0.6 is 0 Å². The molecular weight excluding hydrogens is 302 g/mol. The first kappa shape index (κ1) is 20.5. The Morgan fingerprint density at radius 3 is 1.86 bits per heavy atom. The summed E-state index contributed by atoms with van der Waals surface area (Å²) in [6.45, 7) is 17.8. The number of hydrogen-bond donors (Lipinski definition) is 1. The van der Waals surface area contributed by atoms with E-state index in [1.54, 1.807) is 19.9 Å². The SMILES string of the molecule is CC=CC(C)C(=O)ONC(C)(O[Si](C)(C)C)O[Si](C)(C)C. The van der Waals surface area contributed by atoms with E-state index in [4.69, 9.17) is 13.7 Å². The van der Waals surface area contributed by atoms with Crippen LogP contribution in [-0.2, 0) is 18.5 Å². The normalized spacial score (nSPS) is 15.3. The predicted octanol–water partition coefficient (Wildman–Crippen LogP) is 3.62. The molecule has 0 spiro atoms. The lowest BCUT2D eigenvalue weighted by Crippen LogP contribution is -2.57. The van der Waals surface area contributed by atoms with Gasteiger partial charge in [-0.05, 0) is 53.1 Å². The monoisotopic (exact) mass is 333 g/mol. The summed E-state index contributed by atoms with van der Waals surface area (Å²) in [5.74, 6) is -1.79. The number of rotatable bonds is 8. The van der Waals surface area contributed by atoms with Crippen molar-refractivity contribution >= 4 is 22.6 Å². The van der Waals surface area contributed by atoms with Crippen LogP contribution in [0.2, 0.25) is 39.3 Å². The van der Waals surface area contributed by atoms with Crippen molar-refractivity contribution < 1.29 is 18.5 Å². The first-order valence-electron chi connectivity index (χ1n) is 7.29. The molecule has 0 fully saturated rings. The summed E-state index contributed by atoms with van der Waals surface area (Å²) in [4.78, 5) is 17.1. The van der Waals surface area contributed by atoms with Crippen molar-refractivity contribution in [3.05, 3.63) is 12.2 Å². The van der Waals surface area contributed by atoms with Crippen molar-refractivity contribution in [2.24, 2.45) is 5.92 Å². The number of hydroxylamine groups is 1. The van der Waals surface area contributed by atoms with E-state index in [0.29, 0.717) is 0 Å². The molecule has 1 unspecified atom stereocenters. The molecule has 5 nitrogen and oxygen atoms in total. The van der Waals surface area contributed by atoms with Crippen molar-refractivity contribution in [2.75, 3.05) is 0 Å². The van der Waals surface area contributed by atoms with Gasteiger partial charge in [0.1, 0.15) is 0 Å². The Bertz CT molecular complexity index is 356. The molecule has 1 N–H and O–H groups in total. The number of allylic oxidation sites excluding steroid dienone is 1. The van der Waals surface area contributed by atoms with Crippen molar-refractivity contribution in [3.8, 4) is 0 Å². The Kier molecular flexibility index (Phi) is 7.51. The third-order valence-corrected chi connectivity index (χ3v) is 4.20. The molecule has 0 amide bonds. The van der Waals surface area contributed by atoms with Gasteiger partial charge >= 0.3 is 5.97 Å². The number of carbonyl (C=O) groups excluding carboxylic acids is 1. The highest BCUT2D eigenvalue weighted by Gasteiger charge is 2.38. The van der Waals surface area contributed by atoms with E-state index in [1.165, 1.54) is 0 Å². The first-order valence-corrected chi connectivity index (χ1v) is 14.1. The lowest BCUT2D eigenvalue weighted by molar-refractivity contribution is -0.221. The summed E-state index contributed by atoms with van der Waals surface area (Å²) in [5.41, 5.74) is 2.69. The van der Waals surface area contributed by atoms with Gasteiger partial charge in [-0.2, -0.15) is 0 Å². The molecule has 0 aromatic heterocycles. The largest absolute Gasteiger partial charge is 0.378 e. The molecule has 21 heavy (non-hydrogen) atoms. The highest BCUT2D eigenvalue weighted by Crippen LogP contribution is 2.22. The van der Waals surface area contributed by atoms with Crippen molar-refractivity contribution in [3.63, 3.8) is 0 Å². The zero-order valence-electron chi connectivity index (χ0n) is 14.9. The first-order chi connectivity index (χ1) is 9.28. The maximum absolute atomic E-state index is 11.9. The van der Waals surface area contributed by atoms with E-state index in [1.807, 2.05) is 13.0 Å². The summed E-state index contributed by atoms with van der Waals surface area (Å²) in [6, 6.07) is 0.